The quantitative estimate of drug-likeness (QED) is 0.0172. The number of carbonyl (C=O) groups excluding carboxylic acids is 6. The Bertz CT molecular complexity index is 3680. The number of para-hydroxylation sites is 2. The summed E-state index contributed by atoms with van der Waals surface area (Å²) in [6.07, 6.45) is 4.37. The minimum absolute atomic E-state index is 0. The van der Waals surface area contributed by atoms with Gasteiger partial charge in [-0.15, -0.1) is 13.1 Å². The van der Waals surface area contributed by atoms with Crippen LogP contribution in [0.4, 0.5) is 11.4 Å². The van der Waals surface area contributed by atoms with Crippen molar-refractivity contribution >= 4 is 46.3 Å². The Labute approximate surface area is 775 Å². The molecule has 6 saturated heterocycles. The summed E-state index contributed by atoms with van der Waals surface area (Å²) >= 11 is 0. The minimum Gasteiger partial charge on any atom is -0.663 e. The average molecular weight is 1840 g/mol. The first kappa shape index (κ1) is 108. The molecular formula is C96H146CuN16O16-2. The van der Waals surface area contributed by atoms with E-state index in [1.807, 2.05) is 97.1 Å². The van der Waals surface area contributed by atoms with Gasteiger partial charge in [0.05, 0.1) is 162 Å². The number of nitrogens with two attached hydrogens (primary N) is 2. The predicted molar refractivity (Wildman–Crippen MR) is 497 cm³/mol. The van der Waals surface area contributed by atoms with Crippen molar-refractivity contribution in [2.45, 2.75) is 101 Å². The molecule has 12 rings (SSSR count). The number of fused-ring (bicyclic) bond motifs is 34. The summed E-state index contributed by atoms with van der Waals surface area (Å²) in [4.78, 5) is 81.8. The molecule has 0 spiro atoms. The van der Waals surface area contributed by atoms with E-state index in [9.17, 15) is 28.8 Å². The van der Waals surface area contributed by atoms with Gasteiger partial charge in [-0.25, -0.2) is 0 Å². The van der Waals surface area contributed by atoms with E-state index >= 15 is 0 Å². The maximum Gasteiger partial charge on any atom is 0.227 e. The Morgan fingerprint density at radius 2 is 0.566 bits per heavy atom. The van der Waals surface area contributed by atoms with Crippen LogP contribution in [0.5, 0.6) is 0 Å². The number of amides is 2. The van der Waals surface area contributed by atoms with E-state index in [4.69, 9.17) is 69.5 Å². The topological polar surface area (TPSA) is 402 Å². The maximum atomic E-state index is 13.4. The molecule has 8 aliphatic heterocycles. The van der Waals surface area contributed by atoms with Gasteiger partial charge in [0, 0.05) is 245 Å². The Balaban J connectivity index is 0.000000316. The third kappa shape index (κ3) is 43.4. The van der Waals surface area contributed by atoms with Crippen LogP contribution in [0.3, 0.4) is 0 Å². The molecular weight excluding hydrogens is 1700 g/mol. The van der Waals surface area contributed by atoms with Crippen LogP contribution in [0, 0.1) is 34.5 Å². The van der Waals surface area contributed by atoms with Crippen molar-refractivity contribution in [1.29, 1.82) is 0 Å². The zero-order valence-corrected chi connectivity index (χ0v) is 77.0. The van der Waals surface area contributed by atoms with E-state index < -0.39 is 5.54 Å². The standard InChI is InChI=1S/C48H74N8O8.C48H72N8O8.Cu/c2*49-48-37-53-19-16-50-34-47(35-51-17-20-54-38-48,36-52-18-21-55-39-48)32-44(58)15-23-61-25-27-63-29-31-64-30-28-62-26-24-60-22-14-43(57)9-5-11-46(59)56-33-42-8-2-1-6-40(42)12-13-41-7-3-4-10-45(41)56;/h1-4,6-8,10,50-55H,5,9,11,14-39,49H2;1-4,6-8,10,50-51,53-54H,5,9,11,14-39,49H2;/q;-2;/i;;1+0. The molecule has 8 heterocycles. The second kappa shape index (κ2) is 64.1. The smallest absolute Gasteiger partial charge is 0.227 e. The fourth-order valence-electron chi connectivity index (χ4n) is 15.7. The number of ketones is 4. The van der Waals surface area contributed by atoms with Crippen LogP contribution in [-0.4, -0.2) is 335 Å². The van der Waals surface area contributed by atoms with E-state index in [0.29, 0.717) is 262 Å². The molecule has 33 heteroatoms. The number of carbonyl (C=O) groups is 6. The van der Waals surface area contributed by atoms with Crippen molar-refractivity contribution in [3.63, 3.8) is 0 Å². The Morgan fingerprint density at radius 3 is 0.915 bits per heavy atom. The van der Waals surface area contributed by atoms with Crippen LogP contribution < -0.4 is 74.4 Å². The second-order valence-electron chi connectivity index (χ2n) is 33.9. The Kier molecular flexibility index (Phi) is 53.5. The molecule has 4 aromatic rings. The summed E-state index contributed by atoms with van der Waals surface area (Å²) in [5.74, 6) is 13.4. The monoisotopic (exact) mass is 1840 g/mol. The summed E-state index contributed by atoms with van der Waals surface area (Å²) in [5, 5.41) is 45.0. The first-order valence-electron chi connectivity index (χ1n) is 46.4. The summed E-state index contributed by atoms with van der Waals surface area (Å²) in [6.45, 7) is 26.4. The number of rotatable bonds is 48. The minimum atomic E-state index is -0.432. The van der Waals surface area contributed by atoms with Crippen LogP contribution >= 0.6 is 0 Å². The number of ether oxygens (including phenoxy) is 10. The largest absolute Gasteiger partial charge is 0.663 e. The molecule has 4 bridgehead atoms. The molecule has 6 fully saturated rings. The van der Waals surface area contributed by atoms with Crippen molar-refractivity contribution < 1.29 is 93.2 Å². The van der Waals surface area contributed by atoms with Crippen molar-refractivity contribution in [1.82, 2.24) is 53.2 Å². The molecule has 0 aliphatic carbocycles. The maximum absolute atomic E-state index is 13.4. The van der Waals surface area contributed by atoms with Gasteiger partial charge in [0.1, 0.15) is 23.1 Å². The summed E-state index contributed by atoms with van der Waals surface area (Å²) in [6, 6.07) is 31.2. The van der Waals surface area contributed by atoms with E-state index in [0.717, 1.165) is 149 Å². The van der Waals surface area contributed by atoms with Crippen LogP contribution in [0.1, 0.15) is 110 Å². The van der Waals surface area contributed by atoms with Gasteiger partial charge in [-0.2, -0.15) is 13.1 Å². The van der Waals surface area contributed by atoms with E-state index in [-0.39, 0.29) is 81.2 Å². The second-order valence-corrected chi connectivity index (χ2v) is 33.9. The van der Waals surface area contributed by atoms with Gasteiger partial charge in [0.15, 0.2) is 0 Å². The molecule has 14 N–H and O–H groups in total. The Morgan fingerprint density at radius 1 is 0.302 bits per heavy atom. The molecule has 719 valence electrons. The van der Waals surface area contributed by atoms with Gasteiger partial charge in [-0.05, 0) is 65.8 Å². The first-order valence-corrected chi connectivity index (χ1v) is 46.4. The molecule has 4 aromatic carbocycles. The molecule has 32 nitrogen and oxygen atoms in total. The molecule has 0 aromatic heterocycles. The van der Waals surface area contributed by atoms with Crippen molar-refractivity contribution in [3.8, 4) is 23.7 Å². The van der Waals surface area contributed by atoms with Crippen molar-refractivity contribution in [2.75, 3.05) is 299 Å². The first-order chi connectivity index (χ1) is 62.7. The third-order valence-electron chi connectivity index (χ3n) is 22.8. The van der Waals surface area contributed by atoms with Crippen LogP contribution in [0.2, 0.25) is 0 Å². The number of hydrogen-bond acceptors (Lipinski definition) is 28. The van der Waals surface area contributed by atoms with Gasteiger partial charge >= 0.3 is 0 Å². The Hall–Kier alpha value is -6.82. The fraction of sp³-hybridized carbons (Fsp3) is 0.646. The van der Waals surface area contributed by atoms with Gasteiger partial charge in [0.2, 0.25) is 11.8 Å². The number of Topliss-reactive ketones (excluding diaryl/α,β-unsaturated/α-hetero) is 4. The van der Waals surface area contributed by atoms with Crippen LogP contribution in [0.15, 0.2) is 97.1 Å². The van der Waals surface area contributed by atoms with Crippen LogP contribution in [-0.2, 0) is 106 Å². The average Bonchev–Trinajstić information content (AvgIpc) is 0.807. The van der Waals surface area contributed by atoms with Crippen molar-refractivity contribution in [3.05, 3.63) is 141 Å². The fourth-order valence-corrected chi connectivity index (χ4v) is 15.7. The molecule has 129 heavy (non-hydrogen) atoms. The molecule has 2 amide bonds. The third-order valence-corrected chi connectivity index (χ3v) is 22.8. The molecule has 0 unspecified atom stereocenters. The van der Waals surface area contributed by atoms with E-state index in [1.54, 1.807) is 9.80 Å². The van der Waals surface area contributed by atoms with E-state index in [1.165, 1.54) is 0 Å². The zero-order valence-electron chi connectivity index (χ0n) is 76.0. The molecule has 1 radical (unpaired) electrons. The summed E-state index contributed by atoms with van der Waals surface area (Å²) in [5.41, 5.74) is 19.1. The molecule has 0 atom stereocenters. The zero-order chi connectivity index (χ0) is 89.9. The number of hydrogen-bond donors (Lipinski definition) is 12. The SMILES string of the molecule is NC12CNCCNCC(CC(=O)CCOCCOCCOCCOCCOCCC(=O)CCCC(=O)N3Cc4ccccc4C#Cc4ccccc43)(CNCCNC1)CNCCNC2.NC12C[N-]CC[N-]CC(CC(=O)CCOCCOCCOCCOCCOCCC(=O)CCCC(=O)N3Cc4ccccc4C#Cc4ccccc43)(CNCCNC1)CNCCNC2.[64Cu]. The van der Waals surface area contributed by atoms with Crippen molar-refractivity contribution in [2.24, 2.45) is 22.3 Å². The van der Waals surface area contributed by atoms with Gasteiger partial charge in [-0.3, -0.25) is 28.8 Å². The molecule has 8 aliphatic rings. The predicted octanol–water partition coefficient (Wildman–Crippen LogP) is 3.05. The number of nitrogens with zero attached hydrogens (tertiary/aromatic N) is 4. The van der Waals surface area contributed by atoms with E-state index in [2.05, 4.69) is 76.8 Å². The molecule has 0 saturated carbocycles. The summed E-state index contributed by atoms with van der Waals surface area (Å²) < 4.78 is 56.2. The number of benzene rings is 4. The van der Waals surface area contributed by atoms with Gasteiger partial charge < -0.3 is 132 Å². The normalized spacial score (nSPS) is 20.8. The number of anilines is 2. The van der Waals surface area contributed by atoms with Gasteiger partial charge in [-0.1, -0.05) is 84.3 Å². The number of nitrogens with one attached hydrogen (secondary N) is 10. The summed E-state index contributed by atoms with van der Waals surface area (Å²) in [7, 11) is 0. The van der Waals surface area contributed by atoms with Crippen LogP contribution in [0.25, 0.3) is 10.6 Å². The van der Waals surface area contributed by atoms with Gasteiger partial charge in [0.25, 0.3) is 0 Å².